The predicted octanol–water partition coefficient (Wildman–Crippen LogP) is 2.69. The molecule has 0 unspecified atom stereocenters. The molecule has 0 radical (unpaired) electrons. The van der Waals surface area contributed by atoms with Gasteiger partial charge >= 0.3 is 0 Å². The molecule has 1 rings (SSSR count). The first-order chi connectivity index (χ1) is 6.72. The van der Waals surface area contributed by atoms with Crippen LogP contribution >= 0.6 is 11.8 Å². The highest BCUT2D eigenvalue weighted by atomic mass is 32.2. The van der Waals surface area contributed by atoms with Crippen LogP contribution in [-0.2, 0) is 4.79 Å². The number of benzene rings is 1. The van der Waals surface area contributed by atoms with Crippen LogP contribution in [0, 0.1) is 6.92 Å². The summed E-state index contributed by atoms with van der Waals surface area (Å²) < 4.78 is 0. The number of thioether (sulfide) groups is 1. The number of carbonyl (C=O) groups excluding carboxylic acids is 1. The molecule has 14 heavy (non-hydrogen) atoms. The molecule has 3 heteroatoms. The van der Waals surface area contributed by atoms with Crippen LogP contribution in [0.4, 0.5) is 5.69 Å². The van der Waals surface area contributed by atoms with E-state index in [0.29, 0.717) is 6.42 Å². The summed E-state index contributed by atoms with van der Waals surface area (Å²) in [5.41, 5.74) is 2.08. The molecule has 0 fully saturated rings. The maximum absolute atomic E-state index is 11.3. The minimum absolute atomic E-state index is 0.0863. The Kier molecular flexibility index (Phi) is 4.53. The average molecular weight is 209 g/mol. The Hall–Kier alpha value is -0.960. The molecule has 0 aromatic heterocycles. The van der Waals surface area contributed by atoms with Crippen molar-refractivity contribution in [3.05, 3.63) is 29.8 Å². The Morgan fingerprint density at radius 1 is 1.36 bits per heavy atom. The molecule has 1 N–H and O–H groups in total. The first-order valence-corrected chi connectivity index (χ1v) is 5.97. The lowest BCUT2D eigenvalue weighted by atomic mass is 10.2. The monoisotopic (exact) mass is 209 g/mol. The van der Waals surface area contributed by atoms with Gasteiger partial charge in [0.2, 0.25) is 5.91 Å². The normalized spacial score (nSPS) is 9.86. The molecule has 1 amide bonds. The van der Waals surface area contributed by atoms with Crippen molar-refractivity contribution in [2.24, 2.45) is 0 Å². The molecule has 1 aromatic carbocycles. The second kappa shape index (κ2) is 5.70. The second-order valence-corrected chi connectivity index (χ2v) is 4.14. The number of amides is 1. The number of rotatable bonds is 4. The topological polar surface area (TPSA) is 29.1 Å². The van der Waals surface area contributed by atoms with Crippen LogP contribution in [0.25, 0.3) is 0 Å². The Balaban J connectivity index is 2.44. The summed E-state index contributed by atoms with van der Waals surface area (Å²) in [5, 5.41) is 2.85. The molecule has 0 atom stereocenters. The SMILES string of the molecule is CSCCC(=O)Nc1ccc(C)cc1. The Morgan fingerprint density at radius 3 is 2.57 bits per heavy atom. The van der Waals surface area contributed by atoms with Crippen LogP contribution in [0.15, 0.2) is 24.3 Å². The van der Waals surface area contributed by atoms with Gasteiger partial charge in [0.25, 0.3) is 0 Å². The lowest BCUT2D eigenvalue weighted by Crippen LogP contribution is -2.11. The highest BCUT2D eigenvalue weighted by molar-refractivity contribution is 7.98. The van der Waals surface area contributed by atoms with Gasteiger partial charge in [-0.05, 0) is 25.3 Å². The number of anilines is 1. The molecule has 0 saturated carbocycles. The van der Waals surface area contributed by atoms with Gasteiger partial charge in [-0.1, -0.05) is 17.7 Å². The number of hydrogen-bond acceptors (Lipinski definition) is 2. The molecule has 76 valence electrons. The van der Waals surface area contributed by atoms with E-state index in [1.165, 1.54) is 5.56 Å². The van der Waals surface area contributed by atoms with Gasteiger partial charge in [0.1, 0.15) is 0 Å². The van der Waals surface area contributed by atoms with E-state index in [0.717, 1.165) is 11.4 Å². The van der Waals surface area contributed by atoms with Crippen LogP contribution < -0.4 is 5.32 Å². The van der Waals surface area contributed by atoms with Gasteiger partial charge in [-0.25, -0.2) is 0 Å². The van der Waals surface area contributed by atoms with Gasteiger partial charge in [0.05, 0.1) is 0 Å². The third-order valence-electron chi connectivity index (χ3n) is 1.87. The first kappa shape index (κ1) is 11.1. The molecule has 0 bridgehead atoms. The van der Waals surface area contributed by atoms with E-state index in [1.807, 2.05) is 37.4 Å². The third-order valence-corrected chi connectivity index (χ3v) is 2.48. The van der Waals surface area contributed by atoms with Crippen molar-refractivity contribution in [3.63, 3.8) is 0 Å². The van der Waals surface area contributed by atoms with Crippen molar-refractivity contribution in [1.82, 2.24) is 0 Å². The molecule has 0 heterocycles. The highest BCUT2D eigenvalue weighted by Crippen LogP contribution is 2.09. The maximum atomic E-state index is 11.3. The van der Waals surface area contributed by atoms with Crippen molar-refractivity contribution in [1.29, 1.82) is 0 Å². The fourth-order valence-corrected chi connectivity index (χ4v) is 1.44. The number of hydrogen-bond donors (Lipinski definition) is 1. The molecular formula is C11H15NOS. The minimum Gasteiger partial charge on any atom is -0.326 e. The summed E-state index contributed by atoms with van der Waals surface area (Å²) in [4.78, 5) is 11.3. The molecule has 1 aromatic rings. The van der Waals surface area contributed by atoms with Crippen molar-refractivity contribution >= 4 is 23.4 Å². The van der Waals surface area contributed by atoms with E-state index in [1.54, 1.807) is 11.8 Å². The van der Waals surface area contributed by atoms with Crippen molar-refractivity contribution in [2.75, 3.05) is 17.3 Å². The smallest absolute Gasteiger partial charge is 0.225 e. The van der Waals surface area contributed by atoms with Crippen LogP contribution in [-0.4, -0.2) is 17.9 Å². The standard InChI is InChI=1S/C11H15NOS/c1-9-3-5-10(6-4-9)12-11(13)7-8-14-2/h3-6H,7-8H2,1-2H3,(H,12,13). The zero-order valence-electron chi connectivity index (χ0n) is 8.54. The Morgan fingerprint density at radius 2 is 2.00 bits per heavy atom. The second-order valence-electron chi connectivity index (χ2n) is 3.16. The lowest BCUT2D eigenvalue weighted by Gasteiger charge is -2.04. The molecule has 2 nitrogen and oxygen atoms in total. The maximum Gasteiger partial charge on any atom is 0.225 e. The van der Waals surface area contributed by atoms with Crippen molar-refractivity contribution < 1.29 is 4.79 Å². The molecule has 0 aliphatic rings. The van der Waals surface area contributed by atoms with Crippen molar-refractivity contribution in [2.45, 2.75) is 13.3 Å². The van der Waals surface area contributed by atoms with E-state index >= 15 is 0 Å². The van der Waals surface area contributed by atoms with Gasteiger partial charge in [0.15, 0.2) is 0 Å². The van der Waals surface area contributed by atoms with E-state index < -0.39 is 0 Å². The van der Waals surface area contributed by atoms with Gasteiger partial charge in [-0.3, -0.25) is 4.79 Å². The quantitative estimate of drug-likeness (QED) is 0.826. The van der Waals surface area contributed by atoms with Crippen molar-refractivity contribution in [3.8, 4) is 0 Å². The minimum atomic E-state index is 0.0863. The fraction of sp³-hybridized carbons (Fsp3) is 0.364. The summed E-state index contributed by atoms with van der Waals surface area (Å²) in [6.45, 7) is 2.03. The fourth-order valence-electron chi connectivity index (χ4n) is 1.06. The summed E-state index contributed by atoms with van der Waals surface area (Å²) in [5.74, 6) is 0.959. The zero-order valence-corrected chi connectivity index (χ0v) is 9.36. The number of aryl methyl sites for hydroxylation is 1. The van der Waals surface area contributed by atoms with Crippen LogP contribution in [0.5, 0.6) is 0 Å². The van der Waals surface area contributed by atoms with Crippen LogP contribution in [0.1, 0.15) is 12.0 Å². The summed E-state index contributed by atoms with van der Waals surface area (Å²) in [6, 6.07) is 7.83. The highest BCUT2D eigenvalue weighted by Gasteiger charge is 2.00. The third kappa shape index (κ3) is 3.83. The van der Waals surface area contributed by atoms with Crippen LogP contribution in [0.3, 0.4) is 0 Å². The zero-order chi connectivity index (χ0) is 10.4. The van der Waals surface area contributed by atoms with E-state index in [-0.39, 0.29) is 5.91 Å². The van der Waals surface area contributed by atoms with E-state index in [2.05, 4.69) is 5.32 Å². The molecule has 0 aliphatic carbocycles. The predicted molar refractivity (Wildman–Crippen MR) is 62.8 cm³/mol. The largest absolute Gasteiger partial charge is 0.326 e. The number of carbonyl (C=O) groups is 1. The average Bonchev–Trinajstić information content (AvgIpc) is 2.18. The van der Waals surface area contributed by atoms with Gasteiger partial charge in [0, 0.05) is 17.9 Å². The van der Waals surface area contributed by atoms with Gasteiger partial charge in [-0.15, -0.1) is 0 Å². The van der Waals surface area contributed by atoms with E-state index in [9.17, 15) is 4.79 Å². The Bertz CT molecular complexity index is 295. The van der Waals surface area contributed by atoms with Gasteiger partial charge < -0.3 is 5.32 Å². The number of nitrogens with one attached hydrogen (secondary N) is 1. The molecule has 0 aliphatic heterocycles. The van der Waals surface area contributed by atoms with Gasteiger partial charge in [-0.2, -0.15) is 11.8 Å². The van der Waals surface area contributed by atoms with Crippen LogP contribution in [0.2, 0.25) is 0 Å². The Labute approximate surface area is 89.1 Å². The first-order valence-electron chi connectivity index (χ1n) is 4.58. The summed E-state index contributed by atoms with van der Waals surface area (Å²) in [6.07, 6.45) is 2.58. The lowest BCUT2D eigenvalue weighted by molar-refractivity contribution is -0.115. The molecular weight excluding hydrogens is 194 g/mol. The summed E-state index contributed by atoms with van der Waals surface area (Å²) in [7, 11) is 0. The molecule has 0 saturated heterocycles. The van der Waals surface area contributed by atoms with E-state index in [4.69, 9.17) is 0 Å². The summed E-state index contributed by atoms with van der Waals surface area (Å²) >= 11 is 1.68. The molecule has 0 spiro atoms.